The van der Waals surface area contributed by atoms with Crippen LogP contribution < -0.4 is 20.2 Å². The lowest BCUT2D eigenvalue weighted by molar-refractivity contribution is -0.120. The molecular formula is C24H20ClN3O5. The van der Waals surface area contributed by atoms with Gasteiger partial charge in [0.15, 0.2) is 0 Å². The van der Waals surface area contributed by atoms with E-state index in [9.17, 15) is 14.4 Å². The molecule has 9 heteroatoms. The Labute approximate surface area is 195 Å². The van der Waals surface area contributed by atoms with Crippen LogP contribution in [0.3, 0.4) is 0 Å². The normalized spacial score (nSPS) is 10.5. The fraction of sp³-hybridized carbons (Fsp3) is 0.0833. The summed E-state index contributed by atoms with van der Waals surface area (Å²) in [6.07, 6.45) is 1.34. The molecule has 0 aliphatic heterocycles. The number of halogens is 1. The maximum absolute atomic E-state index is 12.3. The van der Waals surface area contributed by atoms with Crippen LogP contribution >= 0.6 is 11.6 Å². The minimum Gasteiger partial charge on any atom is -0.497 e. The van der Waals surface area contributed by atoms with Gasteiger partial charge in [-0.3, -0.25) is 9.59 Å². The third-order valence-corrected chi connectivity index (χ3v) is 4.61. The predicted molar refractivity (Wildman–Crippen MR) is 124 cm³/mol. The molecule has 0 radical (unpaired) electrons. The predicted octanol–water partition coefficient (Wildman–Crippen LogP) is 3.45. The van der Waals surface area contributed by atoms with E-state index in [0.29, 0.717) is 27.5 Å². The van der Waals surface area contributed by atoms with Gasteiger partial charge >= 0.3 is 5.97 Å². The summed E-state index contributed by atoms with van der Waals surface area (Å²) in [5, 5.41) is 6.88. The molecule has 0 fully saturated rings. The summed E-state index contributed by atoms with van der Waals surface area (Å²) >= 11 is 5.83. The summed E-state index contributed by atoms with van der Waals surface area (Å²) in [7, 11) is 1.53. The molecule has 0 bridgehead atoms. The van der Waals surface area contributed by atoms with Gasteiger partial charge in [-0.25, -0.2) is 10.2 Å². The second kappa shape index (κ2) is 11.4. The molecule has 33 heavy (non-hydrogen) atoms. The minimum absolute atomic E-state index is 0.267. The van der Waals surface area contributed by atoms with Crippen LogP contribution in [-0.4, -0.2) is 37.7 Å². The Hall–Kier alpha value is -4.17. The van der Waals surface area contributed by atoms with Crippen molar-refractivity contribution in [2.24, 2.45) is 5.10 Å². The van der Waals surface area contributed by atoms with Gasteiger partial charge in [-0.1, -0.05) is 23.7 Å². The lowest BCUT2D eigenvalue weighted by atomic mass is 10.2. The van der Waals surface area contributed by atoms with Crippen LogP contribution in [0.4, 0.5) is 0 Å². The number of nitrogens with one attached hydrogen (secondary N) is 2. The molecule has 3 aromatic carbocycles. The van der Waals surface area contributed by atoms with E-state index in [2.05, 4.69) is 15.8 Å². The summed E-state index contributed by atoms with van der Waals surface area (Å²) in [4.78, 5) is 36.4. The van der Waals surface area contributed by atoms with Crippen molar-refractivity contribution in [1.82, 2.24) is 10.7 Å². The third-order valence-electron chi connectivity index (χ3n) is 4.36. The Kier molecular flexibility index (Phi) is 8.15. The summed E-state index contributed by atoms with van der Waals surface area (Å²) in [6.45, 7) is -0.268. The summed E-state index contributed by atoms with van der Waals surface area (Å²) in [6, 6.07) is 19.5. The Morgan fingerprint density at radius 3 is 2.30 bits per heavy atom. The second-order valence-corrected chi connectivity index (χ2v) is 7.08. The second-order valence-electron chi connectivity index (χ2n) is 6.64. The largest absolute Gasteiger partial charge is 0.497 e. The van der Waals surface area contributed by atoms with Crippen molar-refractivity contribution in [3.63, 3.8) is 0 Å². The number of methoxy groups -OCH3 is 1. The van der Waals surface area contributed by atoms with Gasteiger partial charge < -0.3 is 14.8 Å². The number of amides is 2. The Balaban J connectivity index is 1.53. The standard InChI is InChI=1S/C24H20ClN3O5/c1-32-20-12-8-16(9-13-20)23(30)26-15-22(29)28-27-14-18-4-2-3-5-21(18)33-24(31)17-6-10-19(25)11-7-17/h2-14H,15H2,1H3,(H,26,30)(H,28,29)/b27-14-. The van der Waals surface area contributed by atoms with Crippen LogP contribution in [0.25, 0.3) is 0 Å². The molecule has 0 heterocycles. The SMILES string of the molecule is COc1ccc(C(=O)NCC(=O)N/N=C\c2ccccc2OC(=O)c2ccc(Cl)cc2)cc1. The maximum Gasteiger partial charge on any atom is 0.343 e. The van der Waals surface area contributed by atoms with E-state index in [0.717, 1.165) is 0 Å². The molecule has 2 N–H and O–H groups in total. The molecule has 0 aromatic heterocycles. The minimum atomic E-state index is -0.558. The van der Waals surface area contributed by atoms with Crippen LogP contribution in [0.15, 0.2) is 77.9 Å². The first-order valence-electron chi connectivity index (χ1n) is 9.77. The van der Waals surface area contributed by atoms with E-state index < -0.39 is 17.8 Å². The average Bonchev–Trinajstić information content (AvgIpc) is 2.84. The number of para-hydroxylation sites is 1. The summed E-state index contributed by atoms with van der Waals surface area (Å²) in [5.74, 6) is -0.598. The van der Waals surface area contributed by atoms with Gasteiger partial charge in [-0.15, -0.1) is 0 Å². The molecule has 3 aromatic rings. The van der Waals surface area contributed by atoms with Gasteiger partial charge in [-0.2, -0.15) is 5.10 Å². The Morgan fingerprint density at radius 1 is 0.939 bits per heavy atom. The van der Waals surface area contributed by atoms with Gasteiger partial charge in [0.1, 0.15) is 11.5 Å². The number of ether oxygens (including phenoxy) is 2. The molecule has 0 saturated carbocycles. The zero-order valence-corrected chi connectivity index (χ0v) is 18.3. The highest BCUT2D eigenvalue weighted by molar-refractivity contribution is 6.30. The molecule has 0 spiro atoms. The van der Waals surface area contributed by atoms with Crippen molar-refractivity contribution >= 4 is 35.6 Å². The number of esters is 1. The number of nitrogens with zero attached hydrogens (tertiary/aromatic N) is 1. The topological polar surface area (TPSA) is 106 Å². The Morgan fingerprint density at radius 2 is 1.61 bits per heavy atom. The number of hydrogen-bond acceptors (Lipinski definition) is 6. The Bertz CT molecular complexity index is 1160. The molecule has 0 atom stereocenters. The number of hydrogen-bond donors (Lipinski definition) is 2. The van der Waals surface area contributed by atoms with Crippen molar-refractivity contribution < 1.29 is 23.9 Å². The fourth-order valence-corrected chi connectivity index (χ4v) is 2.77. The van der Waals surface area contributed by atoms with Crippen molar-refractivity contribution in [3.8, 4) is 11.5 Å². The van der Waals surface area contributed by atoms with E-state index >= 15 is 0 Å². The highest BCUT2D eigenvalue weighted by atomic mass is 35.5. The smallest absolute Gasteiger partial charge is 0.343 e. The molecule has 0 unspecified atom stereocenters. The molecule has 2 amide bonds. The molecule has 168 valence electrons. The van der Waals surface area contributed by atoms with Crippen molar-refractivity contribution in [1.29, 1.82) is 0 Å². The van der Waals surface area contributed by atoms with Gasteiger partial charge in [0, 0.05) is 16.1 Å². The molecular weight excluding hydrogens is 446 g/mol. The van der Waals surface area contributed by atoms with Crippen LogP contribution in [0.5, 0.6) is 11.5 Å². The maximum atomic E-state index is 12.3. The first kappa shape index (κ1) is 23.5. The number of carbonyl (C=O) groups is 3. The van der Waals surface area contributed by atoms with Gasteiger partial charge in [0.25, 0.3) is 11.8 Å². The van der Waals surface area contributed by atoms with Gasteiger partial charge in [0.2, 0.25) is 0 Å². The summed E-state index contributed by atoms with van der Waals surface area (Å²) < 4.78 is 10.5. The number of hydrazone groups is 1. The van der Waals surface area contributed by atoms with Gasteiger partial charge in [-0.05, 0) is 60.7 Å². The van der Waals surface area contributed by atoms with Crippen molar-refractivity contribution in [2.45, 2.75) is 0 Å². The number of benzene rings is 3. The van der Waals surface area contributed by atoms with Crippen LogP contribution in [0.1, 0.15) is 26.3 Å². The van der Waals surface area contributed by atoms with Gasteiger partial charge in [0.05, 0.1) is 25.4 Å². The van der Waals surface area contributed by atoms with Crippen LogP contribution in [0.2, 0.25) is 5.02 Å². The van der Waals surface area contributed by atoms with E-state index in [1.165, 1.54) is 13.3 Å². The third kappa shape index (κ3) is 6.91. The fourth-order valence-electron chi connectivity index (χ4n) is 2.64. The van der Waals surface area contributed by atoms with E-state index in [1.807, 2.05) is 0 Å². The summed E-state index contributed by atoms with van der Waals surface area (Å²) in [5.41, 5.74) is 3.52. The van der Waals surface area contributed by atoms with Crippen LogP contribution in [0, 0.1) is 0 Å². The van der Waals surface area contributed by atoms with E-state index in [1.54, 1.807) is 72.8 Å². The van der Waals surface area contributed by atoms with Crippen molar-refractivity contribution in [2.75, 3.05) is 13.7 Å². The number of rotatable bonds is 8. The molecule has 8 nitrogen and oxygen atoms in total. The molecule has 0 saturated heterocycles. The molecule has 0 aliphatic rings. The zero-order valence-electron chi connectivity index (χ0n) is 17.6. The highest BCUT2D eigenvalue weighted by Gasteiger charge is 2.11. The van der Waals surface area contributed by atoms with Crippen LogP contribution in [-0.2, 0) is 4.79 Å². The average molecular weight is 466 g/mol. The molecule has 0 aliphatic carbocycles. The van der Waals surface area contributed by atoms with E-state index in [-0.39, 0.29) is 12.3 Å². The zero-order chi connectivity index (χ0) is 23.6. The lowest BCUT2D eigenvalue weighted by Crippen LogP contribution is -2.34. The monoisotopic (exact) mass is 465 g/mol. The lowest BCUT2D eigenvalue weighted by Gasteiger charge is -2.07. The quantitative estimate of drug-likeness (QED) is 0.229. The van der Waals surface area contributed by atoms with E-state index in [4.69, 9.17) is 21.1 Å². The molecule has 3 rings (SSSR count). The first-order valence-corrected chi connectivity index (χ1v) is 10.1. The first-order chi connectivity index (χ1) is 16.0. The highest BCUT2D eigenvalue weighted by Crippen LogP contribution is 2.18. The number of carbonyl (C=O) groups excluding carboxylic acids is 3. The van der Waals surface area contributed by atoms with Crippen molar-refractivity contribution in [3.05, 3.63) is 94.5 Å².